The van der Waals surface area contributed by atoms with Crippen molar-refractivity contribution in [3.8, 4) is 0 Å². The van der Waals surface area contributed by atoms with Crippen molar-refractivity contribution in [2.45, 2.75) is 13.1 Å². The van der Waals surface area contributed by atoms with E-state index in [0.29, 0.717) is 18.8 Å². The number of carbonyl (C=O) groups is 1. The van der Waals surface area contributed by atoms with Crippen molar-refractivity contribution < 1.29 is 4.79 Å². The summed E-state index contributed by atoms with van der Waals surface area (Å²) in [5.41, 5.74) is 2.59. The number of nitrogens with zero attached hydrogens (tertiary/aromatic N) is 4. The van der Waals surface area contributed by atoms with Gasteiger partial charge in [0.05, 0.1) is 6.54 Å². The van der Waals surface area contributed by atoms with Crippen LogP contribution >= 0.6 is 0 Å². The monoisotopic (exact) mass is 293 g/mol. The minimum Gasteiger partial charge on any atom is -0.347 e. The summed E-state index contributed by atoms with van der Waals surface area (Å²) < 4.78 is 1.76. The van der Waals surface area contributed by atoms with Crippen LogP contribution in [-0.4, -0.2) is 25.7 Å². The first-order valence-electron chi connectivity index (χ1n) is 6.91. The van der Waals surface area contributed by atoms with E-state index in [9.17, 15) is 4.79 Å². The Labute approximate surface area is 127 Å². The molecule has 0 aliphatic rings. The molecule has 1 amide bonds. The van der Waals surface area contributed by atoms with E-state index in [-0.39, 0.29) is 5.91 Å². The molecule has 3 aromatic rings. The fraction of sp³-hybridized carbons (Fsp3) is 0.125. The smallest absolute Gasteiger partial charge is 0.270 e. The summed E-state index contributed by atoms with van der Waals surface area (Å²) in [7, 11) is 0. The molecule has 22 heavy (non-hydrogen) atoms. The zero-order valence-electron chi connectivity index (χ0n) is 11.9. The number of hydrogen-bond donors (Lipinski definition) is 1. The third-order valence-electron chi connectivity index (χ3n) is 3.18. The van der Waals surface area contributed by atoms with E-state index < -0.39 is 0 Å². The molecule has 0 aliphatic carbocycles. The lowest BCUT2D eigenvalue weighted by atomic mass is 10.1. The first-order chi connectivity index (χ1) is 10.8. The summed E-state index contributed by atoms with van der Waals surface area (Å²) in [6, 6.07) is 13.3. The molecule has 0 atom stereocenters. The Hall–Kier alpha value is -3.02. The van der Waals surface area contributed by atoms with E-state index >= 15 is 0 Å². The molecule has 1 aromatic carbocycles. The Morgan fingerprint density at radius 1 is 1.09 bits per heavy atom. The summed E-state index contributed by atoms with van der Waals surface area (Å²) >= 11 is 0. The predicted octanol–water partition coefficient (Wildman–Crippen LogP) is 1.65. The fourth-order valence-corrected chi connectivity index (χ4v) is 2.03. The zero-order valence-corrected chi connectivity index (χ0v) is 11.9. The van der Waals surface area contributed by atoms with Gasteiger partial charge < -0.3 is 5.32 Å². The van der Waals surface area contributed by atoms with Gasteiger partial charge in [0.25, 0.3) is 5.91 Å². The molecule has 0 radical (unpaired) electrons. The molecule has 6 nitrogen and oxygen atoms in total. The molecule has 110 valence electrons. The summed E-state index contributed by atoms with van der Waals surface area (Å²) in [6.45, 7) is 1.15. The Morgan fingerprint density at radius 2 is 1.91 bits per heavy atom. The minimum absolute atomic E-state index is 0.174. The van der Waals surface area contributed by atoms with Gasteiger partial charge in [0.2, 0.25) is 0 Å². The molecule has 2 heterocycles. The Bertz CT molecular complexity index is 723. The SMILES string of the molecule is O=C(NCc1ccc(Cn2cncn2)cc1)c1ccccn1. The summed E-state index contributed by atoms with van der Waals surface area (Å²) in [6.07, 6.45) is 4.80. The molecular formula is C16H15N5O. The van der Waals surface area contributed by atoms with Crippen LogP contribution in [0.2, 0.25) is 0 Å². The van der Waals surface area contributed by atoms with E-state index in [0.717, 1.165) is 11.1 Å². The van der Waals surface area contributed by atoms with Gasteiger partial charge in [0, 0.05) is 12.7 Å². The lowest BCUT2D eigenvalue weighted by molar-refractivity contribution is 0.0946. The van der Waals surface area contributed by atoms with E-state index in [2.05, 4.69) is 20.4 Å². The molecule has 0 fully saturated rings. The molecule has 3 rings (SSSR count). The third kappa shape index (κ3) is 3.54. The lowest BCUT2D eigenvalue weighted by Gasteiger charge is -2.06. The van der Waals surface area contributed by atoms with Crippen LogP contribution in [0.25, 0.3) is 0 Å². The van der Waals surface area contributed by atoms with Crippen molar-refractivity contribution in [1.82, 2.24) is 25.1 Å². The highest BCUT2D eigenvalue weighted by Crippen LogP contribution is 2.06. The van der Waals surface area contributed by atoms with Crippen molar-refractivity contribution in [2.24, 2.45) is 0 Å². The number of carbonyl (C=O) groups excluding carboxylic acids is 1. The molecule has 0 saturated carbocycles. The molecule has 0 bridgehead atoms. The average molecular weight is 293 g/mol. The molecule has 2 aromatic heterocycles. The van der Waals surface area contributed by atoms with Gasteiger partial charge >= 0.3 is 0 Å². The van der Waals surface area contributed by atoms with Gasteiger partial charge in [-0.3, -0.25) is 9.78 Å². The van der Waals surface area contributed by atoms with Gasteiger partial charge in [-0.1, -0.05) is 30.3 Å². The molecule has 0 unspecified atom stereocenters. The molecular weight excluding hydrogens is 278 g/mol. The van der Waals surface area contributed by atoms with E-state index in [1.807, 2.05) is 24.3 Å². The van der Waals surface area contributed by atoms with Crippen LogP contribution in [0.4, 0.5) is 0 Å². The molecule has 0 spiro atoms. The quantitative estimate of drug-likeness (QED) is 0.776. The second-order valence-electron chi connectivity index (χ2n) is 4.81. The van der Waals surface area contributed by atoms with Gasteiger partial charge in [-0.05, 0) is 23.3 Å². The summed E-state index contributed by atoms with van der Waals surface area (Å²) in [5, 5.41) is 6.92. The number of aromatic nitrogens is 4. The Kier molecular flexibility index (Phi) is 4.20. The van der Waals surface area contributed by atoms with Crippen LogP contribution < -0.4 is 5.32 Å². The largest absolute Gasteiger partial charge is 0.347 e. The highest BCUT2D eigenvalue weighted by Gasteiger charge is 2.05. The van der Waals surface area contributed by atoms with E-state index in [4.69, 9.17) is 0 Å². The normalized spacial score (nSPS) is 10.4. The number of nitrogens with one attached hydrogen (secondary N) is 1. The first kappa shape index (κ1) is 13.9. The third-order valence-corrected chi connectivity index (χ3v) is 3.18. The van der Waals surface area contributed by atoms with Crippen LogP contribution in [0.3, 0.4) is 0 Å². The number of hydrogen-bond acceptors (Lipinski definition) is 4. The second-order valence-corrected chi connectivity index (χ2v) is 4.81. The van der Waals surface area contributed by atoms with Crippen molar-refractivity contribution in [3.63, 3.8) is 0 Å². The highest BCUT2D eigenvalue weighted by molar-refractivity contribution is 5.92. The minimum atomic E-state index is -0.174. The average Bonchev–Trinajstić information content (AvgIpc) is 3.08. The van der Waals surface area contributed by atoms with E-state index in [1.165, 1.54) is 6.33 Å². The van der Waals surface area contributed by atoms with E-state index in [1.54, 1.807) is 35.4 Å². The Balaban J connectivity index is 1.56. The number of pyridine rings is 1. The standard InChI is InChI=1S/C16H15N5O/c22-16(15-3-1-2-8-18-15)19-9-13-4-6-14(7-5-13)10-21-12-17-11-20-21/h1-8,11-12H,9-10H2,(H,19,22). The van der Waals surface area contributed by atoms with Gasteiger partial charge in [-0.25, -0.2) is 9.67 Å². The maximum Gasteiger partial charge on any atom is 0.270 e. The Morgan fingerprint density at radius 3 is 2.59 bits per heavy atom. The van der Waals surface area contributed by atoms with Crippen molar-refractivity contribution in [2.75, 3.05) is 0 Å². The fourth-order valence-electron chi connectivity index (χ4n) is 2.03. The topological polar surface area (TPSA) is 72.7 Å². The number of rotatable bonds is 5. The van der Waals surface area contributed by atoms with Gasteiger partial charge in [0.15, 0.2) is 0 Å². The van der Waals surface area contributed by atoms with Crippen molar-refractivity contribution in [1.29, 1.82) is 0 Å². The highest BCUT2D eigenvalue weighted by atomic mass is 16.1. The van der Waals surface area contributed by atoms with Gasteiger partial charge in [-0.2, -0.15) is 5.10 Å². The second kappa shape index (κ2) is 6.62. The van der Waals surface area contributed by atoms with Crippen molar-refractivity contribution >= 4 is 5.91 Å². The number of benzene rings is 1. The van der Waals surface area contributed by atoms with Crippen LogP contribution in [0, 0.1) is 0 Å². The molecule has 6 heteroatoms. The van der Waals surface area contributed by atoms with Crippen LogP contribution in [0.5, 0.6) is 0 Å². The van der Waals surface area contributed by atoms with Crippen LogP contribution in [0.1, 0.15) is 21.6 Å². The first-order valence-corrected chi connectivity index (χ1v) is 6.91. The van der Waals surface area contributed by atoms with Gasteiger partial charge in [0.1, 0.15) is 18.3 Å². The molecule has 1 N–H and O–H groups in total. The van der Waals surface area contributed by atoms with Crippen LogP contribution in [-0.2, 0) is 13.1 Å². The number of amides is 1. The van der Waals surface area contributed by atoms with Crippen molar-refractivity contribution in [3.05, 3.63) is 78.1 Å². The van der Waals surface area contributed by atoms with Crippen LogP contribution in [0.15, 0.2) is 61.3 Å². The summed E-state index contributed by atoms with van der Waals surface area (Å²) in [4.78, 5) is 19.8. The summed E-state index contributed by atoms with van der Waals surface area (Å²) in [5.74, 6) is -0.174. The predicted molar refractivity (Wildman–Crippen MR) is 81.0 cm³/mol. The molecule has 0 aliphatic heterocycles. The lowest BCUT2D eigenvalue weighted by Crippen LogP contribution is -2.23. The zero-order chi connectivity index (χ0) is 15.2. The maximum atomic E-state index is 11.9. The maximum absolute atomic E-state index is 11.9. The molecule has 0 saturated heterocycles. The van der Waals surface area contributed by atoms with Gasteiger partial charge in [-0.15, -0.1) is 0 Å².